The molecule has 0 saturated carbocycles. The number of amides is 2. The third-order valence-electron chi connectivity index (χ3n) is 5.34. The van der Waals surface area contributed by atoms with Crippen molar-refractivity contribution in [3.8, 4) is 5.75 Å². The number of hydrogen-bond acceptors (Lipinski definition) is 4. The summed E-state index contributed by atoms with van der Waals surface area (Å²) in [5.74, 6) is -0.0834. The van der Waals surface area contributed by atoms with Gasteiger partial charge in [-0.2, -0.15) is 0 Å². The van der Waals surface area contributed by atoms with Crippen LogP contribution in [0.15, 0.2) is 48.2 Å². The maximum atomic E-state index is 13.5. The van der Waals surface area contributed by atoms with Crippen LogP contribution in [0.4, 0.5) is 5.69 Å². The standard InChI is InChI=1S/C22H21ClN2O3/c1-14-16(23)9-7-10-17(14)25-21(26)19(15-8-3-4-11-18(15)28-2)20(22(25)27)24-12-5-6-13-24/h3-4,7-11H,5-6,12-13H2,1-2H3. The molecule has 0 aromatic heterocycles. The summed E-state index contributed by atoms with van der Waals surface area (Å²) >= 11 is 6.26. The third kappa shape index (κ3) is 2.87. The van der Waals surface area contributed by atoms with Gasteiger partial charge in [0.2, 0.25) is 0 Å². The lowest BCUT2D eigenvalue weighted by molar-refractivity contribution is -0.120. The van der Waals surface area contributed by atoms with Crippen molar-refractivity contribution in [2.75, 3.05) is 25.1 Å². The van der Waals surface area contributed by atoms with E-state index in [1.807, 2.05) is 30.0 Å². The fourth-order valence-electron chi connectivity index (χ4n) is 3.90. The molecule has 2 aliphatic heterocycles. The summed E-state index contributed by atoms with van der Waals surface area (Å²) in [5, 5.41) is 0.520. The number of hydrogen-bond donors (Lipinski definition) is 0. The van der Waals surface area contributed by atoms with Gasteiger partial charge in [0.25, 0.3) is 11.8 Å². The number of likely N-dealkylation sites (tertiary alicyclic amines) is 1. The summed E-state index contributed by atoms with van der Waals surface area (Å²) in [7, 11) is 1.56. The van der Waals surface area contributed by atoms with Gasteiger partial charge in [0.15, 0.2) is 0 Å². The van der Waals surface area contributed by atoms with E-state index in [0.717, 1.165) is 25.9 Å². The predicted octanol–water partition coefficient (Wildman–Crippen LogP) is 4.04. The molecule has 2 amide bonds. The van der Waals surface area contributed by atoms with Crippen LogP contribution in [0.3, 0.4) is 0 Å². The molecule has 0 unspecified atom stereocenters. The van der Waals surface area contributed by atoms with E-state index in [9.17, 15) is 9.59 Å². The second-order valence-electron chi connectivity index (χ2n) is 6.95. The number of rotatable bonds is 4. The first kappa shape index (κ1) is 18.6. The molecule has 0 atom stereocenters. The number of carbonyl (C=O) groups excluding carboxylic acids is 2. The number of benzene rings is 2. The number of para-hydroxylation sites is 1. The Labute approximate surface area is 169 Å². The molecule has 2 aliphatic rings. The lowest BCUT2D eigenvalue weighted by Gasteiger charge is -2.21. The van der Waals surface area contributed by atoms with Gasteiger partial charge < -0.3 is 9.64 Å². The Morgan fingerprint density at radius 2 is 1.68 bits per heavy atom. The molecule has 6 heteroatoms. The van der Waals surface area contributed by atoms with E-state index in [-0.39, 0.29) is 11.8 Å². The normalized spacial score (nSPS) is 17.1. The van der Waals surface area contributed by atoms with Gasteiger partial charge in [-0.25, -0.2) is 4.90 Å². The van der Waals surface area contributed by atoms with Crippen LogP contribution in [0, 0.1) is 6.92 Å². The SMILES string of the molecule is COc1ccccc1C1=C(N2CCCC2)C(=O)N(c2cccc(Cl)c2C)C1=O. The summed E-state index contributed by atoms with van der Waals surface area (Å²) in [6, 6.07) is 12.6. The van der Waals surface area contributed by atoms with Crippen molar-refractivity contribution in [3.05, 3.63) is 64.3 Å². The van der Waals surface area contributed by atoms with Gasteiger partial charge in [0, 0.05) is 23.7 Å². The minimum absolute atomic E-state index is 0.307. The van der Waals surface area contributed by atoms with Crippen LogP contribution in [-0.2, 0) is 9.59 Å². The second-order valence-corrected chi connectivity index (χ2v) is 7.35. The predicted molar refractivity (Wildman–Crippen MR) is 109 cm³/mol. The molecule has 2 aromatic rings. The Kier molecular flexibility index (Phi) is 4.85. The Hall–Kier alpha value is -2.79. The minimum atomic E-state index is -0.346. The van der Waals surface area contributed by atoms with Gasteiger partial charge in [-0.05, 0) is 43.5 Å². The van der Waals surface area contributed by atoms with Crippen LogP contribution in [0.25, 0.3) is 5.57 Å². The van der Waals surface area contributed by atoms with Gasteiger partial charge in [0.1, 0.15) is 11.4 Å². The zero-order chi connectivity index (χ0) is 19.8. The van der Waals surface area contributed by atoms with Gasteiger partial charge in [-0.1, -0.05) is 35.9 Å². The first-order valence-corrected chi connectivity index (χ1v) is 9.69. The number of methoxy groups -OCH3 is 1. The molecule has 0 radical (unpaired) electrons. The van der Waals surface area contributed by atoms with E-state index in [1.165, 1.54) is 4.90 Å². The molecule has 5 nitrogen and oxygen atoms in total. The minimum Gasteiger partial charge on any atom is -0.496 e. The molecule has 2 heterocycles. The number of carbonyl (C=O) groups is 2. The van der Waals surface area contributed by atoms with E-state index in [4.69, 9.17) is 16.3 Å². The summed E-state index contributed by atoms with van der Waals surface area (Å²) in [4.78, 5) is 30.3. The fraction of sp³-hybridized carbons (Fsp3) is 0.273. The van der Waals surface area contributed by atoms with Gasteiger partial charge >= 0.3 is 0 Å². The number of halogens is 1. The van der Waals surface area contributed by atoms with Crippen LogP contribution in [-0.4, -0.2) is 36.9 Å². The maximum absolute atomic E-state index is 13.5. The Balaban J connectivity index is 1.90. The largest absolute Gasteiger partial charge is 0.496 e. The highest BCUT2D eigenvalue weighted by atomic mass is 35.5. The molecule has 1 saturated heterocycles. The highest BCUT2D eigenvalue weighted by molar-refractivity contribution is 6.46. The van der Waals surface area contributed by atoms with Crippen LogP contribution in [0.5, 0.6) is 5.75 Å². The third-order valence-corrected chi connectivity index (χ3v) is 5.75. The molecular formula is C22H21ClN2O3. The Morgan fingerprint density at radius 3 is 2.39 bits per heavy atom. The second kappa shape index (κ2) is 7.32. The number of ether oxygens (including phenoxy) is 1. The number of nitrogens with zero attached hydrogens (tertiary/aromatic N) is 2. The number of imide groups is 1. The van der Waals surface area contributed by atoms with E-state index in [1.54, 1.807) is 31.4 Å². The van der Waals surface area contributed by atoms with Crippen molar-refractivity contribution >= 4 is 34.7 Å². The van der Waals surface area contributed by atoms with Crippen molar-refractivity contribution in [3.63, 3.8) is 0 Å². The van der Waals surface area contributed by atoms with E-state index < -0.39 is 0 Å². The summed E-state index contributed by atoms with van der Waals surface area (Å²) in [6.07, 6.45) is 2.00. The Bertz CT molecular complexity index is 993. The quantitative estimate of drug-likeness (QED) is 0.732. The molecule has 0 bridgehead atoms. The summed E-state index contributed by atoms with van der Waals surface area (Å²) in [5.41, 5.74) is 2.69. The zero-order valence-electron chi connectivity index (χ0n) is 15.9. The van der Waals surface area contributed by atoms with E-state index in [2.05, 4.69) is 0 Å². The molecule has 4 rings (SSSR count). The van der Waals surface area contributed by atoms with Crippen molar-refractivity contribution < 1.29 is 14.3 Å². The monoisotopic (exact) mass is 396 g/mol. The molecular weight excluding hydrogens is 376 g/mol. The van der Waals surface area contributed by atoms with Gasteiger partial charge in [-0.15, -0.1) is 0 Å². The topological polar surface area (TPSA) is 49.9 Å². The van der Waals surface area contributed by atoms with E-state index in [0.29, 0.717) is 38.9 Å². The zero-order valence-corrected chi connectivity index (χ0v) is 16.6. The lowest BCUT2D eigenvalue weighted by Crippen LogP contribution is -2.35. The molecule has 28 heavy (non-hydrogen) atoms. The fourth-order valence-corrected chi connectivity index (χ4v) is 4.07. The maximum Gasteiger partial charge on any atom is 0.282 e. The van der Waals surface area contributed by atoms with Crippen LogP contribution >= 0.6 is 11.6 Å². The van der Waals surface area contributed by atoms with E-state index >= 15 is 0 Å². The summed E-state index contributed by atoms with van der Waals surface area (Å²) < 4.78 is 5.48. The van der Waals surface area contributed by atoms with Crippen LogP contribution < -0.4 is 9.64 Å². The highest BCUT2D eigenvalue weighted by Gasteiger charge is 2.44. The van der Waals surface area contributed by atoms with Crippen molar-refractivity contribution in [2.45, 2.75) is 19.8 Å². The van der Waals surface area contributed by atoms with Gasteiger partial charge in [0.05, 0.1) is 18.4 Å². The average molecular weight is 397 g/mol. The smallest absolute Gasteiger partial charge is 0.282 e. The average Bonchev–Trinajstić information content (AvgIpc) is 3.31. The molecule has 0 aliphatic carbocycles. The lowest BCUT2D eigenvalue weighted by atomic mass is 10.0. The van der Waals surface area contributed by atoms with Crippen LogP contribution in [0.2, 0.25) is 5.02 Å². The number of anilines is 1. The van der Waals surface area contributed by atoms with Crippen molar-refractivity contribution in [1.29, 1.82) is 0 Å². The first-order chi connectivity index (χ1) is 13.5. The van der Waals surface area contributed by atoms with Gasteiger partial charge in [-0.3, -0.25) is 9.59 Å². The molecule has 144 valence electrons. The van der Waals surface area contributed by atoms with Crippen molar-refractivity contribution in [2.24, 2.45) is 0 Å². The van der Waals surface area contributed by atoms with Crippen molar-refractivity contribution in [1.82, 2.24) is 4.90 Å². The first-order valence-electron chi connectivity index (χ1n) is 9.31. The molecule has 1 fully saturated rings. The van der Waals surface area contributed by atoms with Crippen LogP contribution in [0.1, 0.15) is 24.0 Å². The molecule has 2 aromatic carbocycles. The Morgan fingerprint density at radius 1 is 0.964 bits per heavy atom. The summed E-state index contributed by atoms with van der Waals surface area (Å²) in [6.45, 7) is 3.33. The molecule has 0 spiro atoms. The highest BCUT2D eigenvalue weighted by Crippen LogP contribution is 2.40. The molecule has 0 N–H and O–H groups in total.